The fraction of sp³-hybridized carbons (Fsp3) is 0.188. The van der Waals surface area contributed by atoms with Crippen LogP contribution in [-0.2, 0) is 0 Å². The van der Waals surface area contributed by atoms with E-state index in [0.717, 1.165) is 45.3 Å². The van der Waals surface area contributed by atoms with E-state index in [1.54, 1.807) is 11.3 Å². The third kappa shape index (κ3) is 2.57. The van der Waals surface area contributed by atoms with Crippen molar-refractivity contribution in [2.75, 3.05) is 20.1 Å². The molecule has 0 saturated heterocycles. The summed E-state index contributed by atoms with van der Waals surface area (Å²) in [6, 6.07) is 7.92. The fourth-order valence-corrected chi connectivity index (χ4v) is 3.29. The monoisotopic (exact) mass is 299 g/mol. The molecular formula is C16H17N3OS. The summed E-state index contributed by atoms with van der Waals surface area (Å²) in [7, 11) is 1.91. The number of thiophene rings is 1. The van der Waals surface area contributed by atoms with E-state index in [2.05, 4.69) is 22.2 Å². The van der Waals surface area contributed by atoms with Crippen molar-refractivity contribution in [1.82, 2.24) is 15.6 Å². The van der Waals surface area contributed by atoms with Gasteiger partial charge in [-0.2, -0.15) is 0 Å². The second kappa shape index (κ2) is 5.71. The standard InChI is InChI=1S/C16H17N3OS/c1-10(18-7-6-17-2)11-3-4-12-14(9-11)19-16(20)13-5-8-21-15(12)13/h3-5,8-9,17-18H,1,6-7H2,2H3,(H,19,20). The number of rotatable bonds is 5. The summed E-state index contributed by atoms with van der Waals surface area (Å²) in [6.07, 6.45) is 0. The van der Waals surface area contributed by atoms with Crippen LogP contribution in [0.3, 0.4) is 0 Å². The van der Waals surface area contributed by atoms with Gasteiger partial charge in [0.1, 0.15) is 0 Å². The van der Waals surface area contributed by atoms with E-state index < -0.39 is 0 Å². The lowest BCUT2D eigenvalue weighted by Gasteiger charge is -2.10. The Kier molecular flexibility index (Phi) is 3.77. The molecule has 0 fully saturated rings. The fourth-order valence-electron chi connectivity index (χ4n) is 2.36. The maximum Gasteiger partial charge on any atom is 0.257 e. The van der Waals surface area contributed by atoms with Crippen LogP contribution in [0.2, 0.25) is 0 Å². The second-order valence-electron chi connectivity index (χ2n) is 4.89. The maximum absolute atomic E-state index is 12.1. The molecule has 21 heavy (non-hydrogen) atoms. The molecule has 1 aromatic carbocycles. The van der Waals surface area contributed by atoms with Crippen molar-refractivity contribution in [3.63, 3.8) is 0 Å². The summed E-state index contributed by atoms with van der Waals surface area (Å²) in [5, 5.41) is 10.1. The molecule has 0 spiro atoms. The molecule has 0 unspecified atom stereocenters. The van der Waals surface area contributed by atoms with Gasteiger partial charge in [0.15, 0.2) is 0 Å². The molecule has 0 aliphatic heterocycles. The highest BCUT2D eigenvalue weighted by Gasteiger charge is 2.07. The van der Waals surface area contributed by atoms with E-state index in [4.69, 9.17) is 0 Å². The van der Waals surface area contributed by atoms with Crippen LogP contribution in [0, 0.1) is 0 Å². The summed E-state index contributed by atoms with van der Waals surface area (Å²) in [5.41, 5.74) is 2.66. The van der Waals surface area contributed by atoms with Crippen molar-refractivity contribution in [2.24, 2.45) is 0 Å². The molecule has 0 bridgehead atoms. The van der Waals surface area contributed by atoms with Crippen molar-refractivity contribution in [3.8, 4) is 0 Å². The largest absolute Gasteiger partial charge is 0.384 e. The van der Waals surface area contributed by atoms with Gasteiger partial charge in [-0.25, -0.2) is 0 Å². The predicted molar refractivity (Wildman–Crippen MR) is 90.9 cm³/mol. The number of hydrogen-bond acceptors (Lipinski definition) is 4. The van der Waals surface area contributed by atoms with E-state index in [0.29, 0.717) is 0 Å². The van der Waals surface area contributed by atoms with Gasteiger partial charge in [0.25, 0.3) is 5.56 Å². The van der Waals surface area contributed by atoms with Crippen molar-refractivity contribution in [2.45, 2.75) is 0 Å². The quantitative estimate of drug-likeness (QED) is 0.635. The van der Waals surface area contributed by atoms with Gasteiger partial charge in [-0.15, -0.1) is 11.3 Å². The molecule has 4 nitrogen and oxygen atoms in total. The van der Waals surface area contributed by atoms with Crippen LogP contribution < -0.4 is 16.2 Å². The zero-order valence-corrected chi connectivity index (χ0v) is 12.6. The minimum absolute atomic E-state index is 0.0374. The molecule has 0 aliphatic rings. The Hall–Kier alpha value is -2.11. The number of fused-ring (bicyclic) bond motifs is 3. The molecule has 0 radical (unpaired) electrons. The van der Waals surface area contributed by atoms with E-state index in [1.807, 2.05) is 36.7 Å². The Morgan fingerprint density at radius 2 is 2.14 bits per heavy atom. The number of benzene rings is 1. The molecule has 0 atom stereocenters. The second-order valence-corrected chi connectivity index (χ2v) is 5.80. The molecule has 2 aromatic heterocycles. The molecule has 0 aliphatic carbocycles. The highest BCUT2D eigenvalue weighted by molar-refractivity contribution is 7.18. The Morgan fingerprint density at radius 1 is 1.29 bits per heavy atom. The normalized spacial score (nSPS) is 11.1. The third-order valence-corrected chi connectivity index (χ3v) is 4.43. The van der Waals surface area contributed by atoms with Crippen LogP contribution in [0.25, 0.3) is 26.7 Å². The summed E-state index contributed by atoms with van der Waals surface area (Å²) in [6.45, 7) is 5.74. The molecule has 3 rings (SSSR count). The lowest BCUT2D eigenvalue weighted by molar-refractivity contribution is 0.749. The number of aromatic nitrogens is 1. The van der Waals surface area contributed by atoms with E-state index in [9.17, 15) is 4.79 Å². The van der Waals surface area contributed by atoms with Crippen LogP contribution in [0.4, 0.5) is 0 Å². The summed E-state index contributed by atoms with van der Waals surface area (Å²) in [5.74, 6) is 0. The van der Waals surface area contributed by atoms with Gasteiger partial charge in [0.2, 0.25) is 0 Å². The first-order chi connectivity index (χ1) is 10.2. The van der Waals surface area contributed by atoms with Gasteiger partial charge in [0.05, 0.1) is 10.9 Å². The molecule has 5 heteroatoms. The van der Waals surface area contributed by atoms with Gasteiger partial charge >= 0.3 is 0 Å². The van der Waals surface area contributed by atoms with E-state index in [1.165, 1.54) is 0 Å². The van der Waals surface area contributed by atoms with Crippen LogP contribution in [0.15, 0.2) is 41.0 Å². The maximum atomic E-state index is 12.1. The van der Waals surface area contributed by atoms with Crippen LogP contribution >= 0.6 is 11.3 Å². The lowest BCUT2D eigenvalue weighted by Crippen LogP contribution is -2.23. The topological polar surface area (TPSA) is 56.9 Å². The number of hydrogen-bond donors (Lipinski definition) is 3. The minimum Gasteiger partial charge on any atom is -0.384 e. The smallest absolute Gasteiger partial charge is 0.257 e. The first-order valence-corrected chi connectivity index (χ1v) is 7.69. The highest BCUT2D eigenvalue weighted by Crippen LogP contribution is 2.27. The molecule has 0 amide bonds. The van der Waals surface area contributed by atoms with Crippen molar-refractivity contribution >= 4 is 38.0 Å². The Labute approximate surface area is 126 Å². The summed E-state index contributed by atoms with van der Waals surface area (Å²) in [4.78, 5) is 15.0. The number of likely N-dealkylation sites (N-methyl/N-ethyl adjacent to an activating group) is 1. The molecule has 3 aromatic rings. The van der Waals surface area contributed by atoms with Crippen LogP contribution in [0.1, 0.15) is 5.56 Å². The lowest BCUT2D eigenvalue weighted by atomic mass is 10.1. The molecular weight excluding hydrogens is 282 g/mol. The zero-order chi connectivity index (χ0) is 14.8. The Bertz CT molecular complexity index is 863. The zero-order valence-electron chi connectivity index (χ0n) is 11.8. The third-order valence-electron chi connectivity index (χ3n) is 3.48. The van der Waals surface area contributed by atoms with Crippen molar-refractivity contribution in [3.05, 3.63) is 52.1 Å². The summed E-state index contributed by atoms with van der Waals surface area (Å²) >= 11 is 1.60. The predicted octanol–water partition coefficient (Wildman–Crippen LogP) is 2.52. The SMILES string of the molecule is C=C(NCCNC)c1ccc2c(c1)[nH]c(=O)c1ccsc12. The average molecular weight is 299 g/mol. The number of pyridine rings is 1. The molecule has 0 saturated carbocycles. The minimum atomic E-state index is -0.0374. The van der Waals surface area contributed by atoms with Gasteiger partial charge in [-0.1, -0.05) is 18.7 Å². The first-order valence-electron chi connectivity index (χ1n) is 6.81. The molecule has 108 valence electrons. The highest BCUT2D eigenvalue weighted by atomic mass is 32.1. The van der Waals surface area contributed by atoms with Crippen LogP contribution in [0.5, 0.6) is 0 Å². The van der Waals surface area contributed by atoms with Crippen LogP contribution in [-0.4, -0.2) is 25.1 Å². The first kappa shape index (κ1) is 13.9. The van der Waals surface area contributed by atoms with Gasteiger partial charge in [-0.3, -0.25) is 4.79 Å². The molecule has 3 N–H and O–H groups in total. The summed E-state index contributed by atoms with van der Waals surface area (Å²) < 4.78 is 1.04. The molecule has 2 heterocycles. The average Bonchev–Trinajstić information content (AvgIpc) is 2.97. The van der Waals surface area contributed by atoms with Crippen molar-refractivity contribution in [1.29, 1.82) is 0 Å². The van der Waals surface area contributed by atoms with E-state index >= 15 is 0 Å². The van der Waals surface area contributed by atoms with Crippen molar-refractivity contribution < 1.29 is 0 Å². The van der Waals surface area contributed by atoms with Gasteiger partial charge in [0, 0.05) is 28.9 Å². The number of aromatic amines is 1. The Balaban J connectivity index is 2.02. The number of H-pyrrole nitrogens is 1. The number of nitrogens with one attached hydrogen (secondary N) is 3. The van der Waals surface area contributed by atoms with Gasteiger partial charge < -0.3 is 15.6 Å². The Morgan fingerprint density at radius 3 is 2.95 bits per heavy atom. The van der Waals surface area contributed by atoms with Gasteiger partial charge in [-0.05, 0) is 30.1 Å². The van der Waals surface area contributed by atoms with E-state index in [-0.39, 0.29) is 5.56 Å².